The Bertz CT molecular complexity index is 654. The van der Waals surface area contributed by atoms with Crippen LogP contribution < -0.4 is 11.1 Å². The van der Waals surface area contributed by atoms with Crippen LogP contribution in [0.4, 0.5) is 11.8 Å². The molecule has 21 heavy (non-hydrogen) atoms. The van der Waals surface area contributed by atoms with Gasteiger partial charge in [-0.3, -0.25) is 0 Å². The maximum absolute atomic E-state index is 11.9. The highest BCUT2D eigenvalue weighted by molar-refractivity contribution is 7.18. The predicted molar refractivity (Wildman–Crippen MR) is 85.4 cm³/mol. The second-order valence-electron chi connectivity index (χ2n) is 5.36. The Labute approximate surface area is 127 Å². The summed E-state index contributed by atoms with van der Waals surface area (Å²) in [4.78, 5) is 22.3. The Kier molecular flexibility index (Phi) is 4.62. The molecule has 0 aliphatic heterocycles. The second kappa shape index (κ2) is 6.26. The molecule has 0 saturated carbocycles. The average Bonchev–Trinajstić information content (AvgIpc) is 2.76. The highest BCUT2D eigenvalue weighted by Crippen LogP contribution is 2.29. The number of nitrogens with one attached hydrogen (secondary N) is 1. The molecule has 3 N–H and O–H groups in total. The molecule has 6 nitrogen and oxygen atoms in total. The highest BCUT2D eigenvalue weighted by atomic mass is 32.1. The molecule has 114 valence electrons. The van der Waals surface area contributed by atoms with Crippen LogP contribution in [0.15, 0.2) is 6.07 Å². The number of hydrogen-bond acceptors (Lipinski definition) is 7. The van der Waals surface area contributed by atoms with E-state index < -0.39 is 6.04 Å². The van der Waals surface area contributed by atoms with Gasteiger partial charge < -0.3 is 15.8 Å². The average molecular weight is 308 g/mol. The fourth-order valence-electron chi connectivity index (χ4n) is 2.16. The summed E-state index contributed by atoms with van der Waals surface area (Å²) in [5.74, 6) is 0.819. The van der Waals surface area contributed by atoms with Crippen LogP contribution in [0.3, 0.4) is 0 Å². The van der Waals surface area contributed by atoms with Gasteiger partial charge in [0.2, 0.25) is 5.95 Å². The van der Waals surface area contributed by atoms with Crippen LogP contribution in [0.25, 0.3) is 10.2 Å². The summed E-state index contributed by atoms with van der Waals surface area (Å²) in [6.07, 6.45) is 0.654. The van der Waals surface area contributed by atoms with Crippen molar-refractivity contribution in [2.75, 3.05) is 18.2 Å². The van der Waals surface area contributed by atoms with E-state index in [1.54, 1.807) is 11.3 Å². The first-order chi connectivity index (χ1) is 9.90. The topological polar surface area (TPSA) is 90.1 Å². The van der Waals surface area contributed by atoms with Gasteiger partial charge in [-0.2, -0.15) is 4.98 Å². The normalized spacial score (nSPS) is 12.6. The minimum absolute atomic E-state index is 0.194. The first-order valence-corrected chi connectivity index (χ1v) is 7.60. The number of anilines is 2. The van der Waals surface area contributed by atoms with Gasteiger partial charge in [0.25, 0.3) is 0 Å². The monoisotopic (exact) mass is 308 g/mol. The van der Waals surface area contributed by atoms with Crippen molar-refractivity contribution in [3.63, 3.8) is 0 Å². The Morgan fingerprint density at radius 2 is 2.19 bits per heavy atom. The predicted octanol–water partition coefficient (Wildman–Crippen LogP) is 2.58. The van der Waals surface area contributed by atoms with E-state index in [0.717, 1.165) is 15.1 Å². The van der Waals surface area contributed by atoms with E-state index in [4.69, 9.17) is 10.5 Å². The van der Waals surface area contributed by atoms with Crippen molar-refractivity contribution in [1.29, 1.82) is 0 Å². The van der Waals surface area contributed by atoms with Crippen molar-refractivity contribution in [3.05, 3.63) is 10.9 Å². The summed E-state index contributed by atoms with van der Waals surface area (Å²) in [5, 5.41) is 4.04. The SMILES string of the molecule is COC(=O)C(CC(C)C)Nc1nc(N)nc2sc(C)cc12. The molecule has 2 heterocycles. The minimum Gasteiger partial charge on any atom is -0.467 e. The number of esters is 1. The Morgan fingerprint density at radius 3 is 2.81 bits per heavy atom. The second-order valence-corrected chi connectivity index (χ2v) is 6.59. The molecule has 0 bridgehead atoms. The van der Waals surface area contributed by atoms with Crippen LogP contribution >= 0.6 is 11.3 Å². The molecule has 0 amide bonds. The van der Waals surface area contributed by atoms with E-state index in [0.29, 0.717) is 18.2 Å². The zero-order valence-corrected chi connectivity index (χ0v) is 13.5. The van der Waals surface area contributed by atoms with Gasteiger partial charge in [-0.25, -0.2) is 9.78 Å². The van der Waals surface area contributed by atoms with Crippen molar-refractivity contribution in [2.45, 2.75) is 33.2 Å². The number of nitrogens with two attached hydrogens (primary N) is 1. The quantitative estimate of drug-likeness (QED) is 0.825. The summed E-state index contributed by atoms with van der Waals surface area (Å²) in [7, 11) is 1.38. The standard InChI is InChI=1S/C14H20N4O2S/c1-7(2)5-10(13(19)20-4)16-11-9-6-8(3)21-12(9)18-14(15)17-11/h6-7,10H,5H2,1-4H3,(H3,15,16,17,18). The number of carbonyl (C=O) groups is 1. The third-order valence-corrected chi connectivity index (χ3v) is 3.98. The molecule has 2 aromatic heterocycles. The third-order valence-electron chi connectivity index (χ3n) is 3.04. The molecule has 7 heteroatoms. The number of aryl methyl sites for hydroxylation is 1. The van der Waals surface area contributed by atoms with Gasteiger partial charge in [-0.05, 0) is 25.3 Å². The summed E-state index contributed by atoms with van der Waals surface area (Å²) in [6.45, 7) is 6.10. The van der Waals surface area contributed by atoms with Gasteiger partial charge in [-0.15, -0.1) is 11.3 Å². The van der Waals surface area contributed by atoms with Crippen molar-refractivity contribution < 1.29 is 9.53 Å². The molecular weight excluding hydrogens is 288 g/mol. The lowest BCUT2D eigenvalue weighted by Gasteiger charge is -2.19. The summed E-state index contributed by atoms with van der Waals surface area (Å²) in [5.41, 5.74) is 5.75. The number of aromatic nitrogens is 2. The number of hydrogen-bond donors (Lipinski definition) is 2. The van der Waals surface area contributed by atoms with E-state index in [9.17, 15) is 4.79 Å². The molecule has 1 atom stereocenters. The fourth-order valence-corrected chi connectivity index (χ4v) is 3.05. The van der Waals surface area contributed by atoms with Gasteiger partial charge in [0.15, 0.2) is 0 Å². The van der Waals surface area contributed by atoms with E-state index in [1.807, 2.05) is 13.0 Å². The van der Waals surface area contributed by atoms with Crippen LogP contribution in [0.5, 0.6) is 0 Å². The lowest BCUT2D eigenvalue weighted by atomic mass is 10.0. The van der Waals surface area contributed by atoms with Crippen molar-refractivity contribution in [1.82, 2.24) is 9.97 Å². The zero-order chi connectivity index (χ0) is 15.6. The number of rotatable bonds is 5. The van der Waals surface area contributed by atoms with E-state index in [2.05, 4.69) is 29.1 Å². The third kappa shape index (κ3) is 3.60. The van der Waals surface area contributed by atoms with Gasteiger partial charge in [-0.1, -0.05) is 13.8 Å². The number of nitrogens with zero attached hydrogens (tertiary/aromatic N) is 2. The van der Waals surface area contributed by atoms with E-state index in [1.165, 1.54) is 7.11 Å². The van der Waals surface area contributed by atoms with Crippen molar-refractivity contribution in [2.24, 2.45) is 5.92 Å². The highest BCUT2D eigenvalue weighted by Gasteiger charge is 2.22. The molecule has 0 aliphatic carbocycles. The van der Waals surface area contributed by atoms with Crippen LogP contribution in [-0.2, 0) is 9.53 Å². The first-order valence-electron chi connectivity index (χ1n) is 6.78. The number of carbonyl (C=O) groups excluding carboxylic acids is 1. The van der Waals surface area contributed by atoms with Gasteiger partial charge in [0, 0.05) is 4.88 Å². The van der Waals surface area contributed by atoms with Gasteiger partial charge >= 0.3 is 5.97 Å². The molecule has 2 aromatic rings. The first kappa shape index (κ1) is 15.5. The smallest absolute Gasteiger partial charge is 0.328 e. The van der Waals surface area contributed by atoms with Crippen LogP contribution in [0, 0.1) is 12.8 Å². The molecule has 0 radical (unpaired) electrons. The molecular formula is C14H20N4O2S. The molecule has 1 unspecified atom stereocenters. The largest absolute Gasteiger partial charge is 0.467 e. The molecule has 0 aromatic carbocycles. The van der Waals surface area contributed by atoms with Crippen molar-refractivity contribution in [3.8, 4) is 0 Å². The van der Waals surface area contributed by atoms with Crippen LogP contribution in [0.1, 0.15) is 25.1 Å². The van der Waals surface area contributed by atoms with Crippen LogP contribution in [0.2, 0.25) is 0 Å². The maximum Gasteiger partial charge on any atom is 0.328 e. The number of ether oxygens (including phenoxy) is 1. The minimum atomic E-state index is -0.451. The number of nitrogen functional groups attached to an aromatic ring is 1. The maximum atomic E-state index is 11.9. The number of methoxy groups -OCH3 is 1. The number of thiophene rings is 1. The number of fused-ring (bicyclic) bond motifs is 1. The molecule has 0 aliphatic rings. The van der Waals surface area contributed by atoms with Gasteiger partial charge in [0.05, 0.1) is 12.5 Å². The Morgan fingerprint density at radius 1 is 1.48 bits per heavy atom. The lowest BCUT2D eigenvalue weighted by Crippen LogP contribution is -2.32. The van der Waals surface area contributed by atoms with Crippen molar-refractivity contribution >= 4 is 39.3 Å². The Balaban J connectivity index is 2.37. The summed E-state index contributed by atoms with van der Waals surface area (Å²) >= 11 is 1.55. The summed E-state index contributed by atoms with van der Waals surface area (Å²) in [6, 6.07) is 1.54. The lowest BCUT2D eigenvalue weighted by molar-refractivity contribution is -0.141. The van der Waals surface area contributed by atoms with E-state index in [-0.39, 0.29) is 11.9 Å². The molecule has 0 spiro atoms. The fraction of sp³-hybridized carbons (Fsp3) is 0.500. The summed E-state index contributed by atoms with van der Waals surface area (Å²) < 4.78 is 4.86. The Hall–Kier alpha value is -1.89. The van der Waals surface area contributed by atoms with Crippen LogP contribution in [-0.4, -0.2) is 29.1 Å². The van der Waals surface area contributed by atoms with Gasteiger partial charge in [0.1, 0.15) is 16.7 Å². The molecule has 0 saturated heterocycles. The zero-order valence-electron chi connectivity index (χ0n) is 12.6. The molecule has 2 rings (SSSR count). The molecule has 0 fully saturated rings. The van der Waals surface area contributed by atoms with E-state index >= 15 is 0 Å².